The van der Waals surface area contributed by atoms with Gasteiger partial charge in [0.25, 0.3) is 0 Å². The van der Waals surface area contributed by atoms with E-state index in [9.17, 15) is 39.6 Å². The first-order chi connectivity index (χ1) is 10.3. The van der Waals surface area contributed by atoms with Gasteiger partial charge in [-0.05, 0) is 27.7 Å². The summed E-state index contributed by atoms with van der Waals surface area (Å²) in [5.74, 6) is -4.80. The van der Waals surface area contributed by atoms with E-state index in [0.29, 0.717) is 11.8 Å². The monoisotopic (exact) mass is 348 g/mol. The summed E-state index contributed by atoms with van der Waals surface area (Å²) in [7, 11) is 0. The normalized spacial score (nSPS) is 38.7. The number of thioether (sulfide) groups is 1. The highest BCUT2D eigenvalue weighted by Gasteiger charge is 2.75. The van der Waals surface area contributed by atoms with Gasteiger partial charge in [0.15, 0.2) is 39.9 Å². The summed E-state index contributed by atoms with van der Waals surface area (Å²) < 4.78 is 0. The van der Waals surface area contributed by atoms with Crippen LogP contribution in [0, 0.1) is 0 Å². The van der Waals surface area contributed by atoms with Crippen molar-refractivity contribution in [2.75, 3.05) is 5.75 Å². The first-order valence-electron chi connectivity index (χ1n) is 6.78. The molecule has 0 aromatic carbocycles. The molecule has 1 heterocycles. The lowest BCUT2D eigenvalue weighted by molar-refractivity contribution is -0.229. The molecule has 1 rings (SSSR count). The lowest BCUT2D eigenvalue weighted by Gasteiger charge is -2.55. The van der Waals surface area contributed by atoms with Crippen LogP contribution in [0.25, 0.3) is 0 Å². The van der Waals surface area contributed by atoms with Crippen molar-refractivity contribution in [3.05, 3.63) is 0 Å². The van der Waals surface area contributed by atoms with Crippen LogP contribution in [0.4, 0.5) is 0 Å². The second-order valence-electron chi connectivity index (χ2n) is 5.79. The number of ketones is 4. The minimum atomic E-state index is -3.19. The van der Waals surface area contributed by atoms with Crippen LogP contribution < -0.4 is 0 Å². The van der Waals surface area contributed by atoms with E-state index in [2.05, 4.69) is 0 Å². The van der Waals surface area contributed by atoms with Crippen LogP contribution in [0.3, 0.4) is 0 Å². The second-order valence-corrected chi connectivity index (χ2v) is 6.92. The molecular formula is C14H20O8S. The Morgan fingerprint density at radius 1 is 0.957 bits per heavy atom. The van der Waals surface area contributed by atoms with E-state index in [1.54, 1.807) is 0 Å². The molecule has 0 saturated carbocycles. The van der Waals surface area contributed by atoms with Gasteiger partial charge in [-0.25, -0.2) is 0 Å². The van der Waals surface area contributed by atoms with E-state index in [-0.39, 0.29) is 0 Å². The third-order valence-corrected chi connectivity index (χ3v) is 5.91. The zero-order chi connectivity index (χ0) is 18.4. The molecule has 0 aromatic heterocycles. The molecule has 8 nitrogen and oxygen atoms in total. The maximum atomic E-state index is 12.1. The second kappa shape index (κ2) is 6.06. The molecule has 1 fully saturated rings. The Morgan fingerprint density at radius 3 is 1.74 bits per heavy atom. The molecule has 1 saturated heterocycles. The predicted octanol–water partition coefficient (Wildman–Crippen LogP) is -1.99. The van der Waals surface area contributed by atoms with Crippen LogP contribution in [0.2, 0.25) is 0 Å². The number of hydrogen-bond acceptors (Lipinski definition) is 9. The molecule has 23 heavy (non-hydrogen) atoms. The van der Waals surface area contributed by atoms with Gasteiger partial charge < -0.3 is 20.4 Å². The average molecular weight is 348 g/mol. The quantitative estimate of drug-likeness (QED) is 0.443. The summed E-state index contributed by atoms with van der Waals surface area (Å²) in [6, 6.07) is 0. The van der Waals surface area contributed by atoms with Crippen LogP contribution in [-0.2, 0) is 19.2 Å². The summed E-state index contributed by atoms with van der Waals surface area (Å²) in [5, 5.41) is 40.5. The average Bonchev–Trinajstić information content (AvgIpc) is 2.43. The molecule has 0 radical (unpaired) electrons. The molecule has 0 aliphatic carbocycles. The number of aliphatic hydroxyl groups excluding tert-OH is 1. The van der Waals surface area contributed by atoms with Crippen molar-refractivity contribution in [2.24, 2.45) is 0 Å². The number of hydrogen-bond donors (Lipinski definition) is 4. The zero-order valence-corrected chi connectivity index (χ0v) is 14.0. The number of carbonyl (C=O) groups excluding carboxylic acids is 4. The van der Waals surface area contributed by atoms with E-state index >= 15 is 0 Å². The molecule has 4 N–H and O–H groups in total. The minimum absolute atomic E-state index is 0.565. The van der Waals surface area contributed by atoms with E-state index in [1.165, 1.54) is 0 Å². The van der Waals surface area contributed by atoms with Gasteiger partial charge in [-0.15, -0.1) is 11.8 Å². The van der Waals surface area contributed by atoms with Gasteiger partial charge in [-0.1, -0.05) is 0 Å². The molecule has 5 atom stereocenters. The molecule has 130 valence electrons. The summed E-state index contributed by atoms with van der Waals surface area (Å²) in [6.45, 7) is 3.54. The predicted molar refractivity (Wildman–Crippen MR) is 79.8 cm³/mol. The summed E-state index contributed by atoms with van der Waals surface area (Å²) in [5.41, 5.74) is -8.95. The molecule has 1 aliphatic heterocycles. The van der Waals surface area contributed by atoms with E-state index in [0.717, 1.165) is 27.7 Å². The van der Waals surface area contributed by atoms with E-state index < -0.39 is 57.0 Å². The van der Waals surface area contributed by atoms with Crippen LogP contribution in [0.15, 0.2) is 0 Å². The Hall–Kier alpha value is -1.13. The maximum absolute atomic E-state index is 12.1. The van der Waals surface area contributed by atoms with E-state index in [4.69, 9.17) is 0 Å². The number of Topliss-reactive ketones (excluding diaryl/α,β-unsaturated/α-hetero) is 4. The lowest BCUT2D eigenvalue weighted by atomic mass is 9.63. The molecular weight excluding hydrogens is 328 g/mol. The topological polar surface area (TPSA) is 149 Å². The molecule has 1 aliphatic rings. The summed E-state index contributed by atoms with van der Waals surface area (Å²) in [4.78, 5) is 47.4. The Kier molecular flexibility index (Phi) is 5.25. The fraction of sp³-hybridized carbons (Fsp3) is 0.714. The maximum Gasteiger partial charge on any atom is 0.196 e. The van der Waals surface area contributed by atoms with Crippen molar-refractivity contribution in [3.8, 4) is 0 Å². The Balaban J connectivity index is 3.74. The Bertz CT molecular complexity index is 575. The summed E-state index contributed by atoms with van der Waals surface area (Å²) in [6.07, 6.45) is -1.88. The van der Waals surface area contributed by atoms with Crippen molar-refractivity contribution in [1.82, 2.24) is 0 Å². The van der Waals surface area contributed by atoms with Gasteiger partial charge in [-0.3, -0.25) is 19.2 Å². The number of carbonyl (C=O) groups is 4. The van der Waals surface area contributed by atoms with Gasteiger partial charge >= 0.3 is 0 Å². The fourth-order valence-corrected chi connectivity index (χ4v) is 4.64. The number of rotatable bonds is 5. The first kappa shape index (κ1) is 19.9. The van der Waals surface area contributed by atoms with Gasteiger partial charge in [0, 0.05) is 5.75 Å². The standard InChI is InChI=1S/C14H20O8S/c1-6(15)10(19)11-13(21,8(3)17)14(22,9(4)18)12(20,5-23-11)7(2)16/h10-11,19-22H,5H2,1-4H3/t10?,11-,12+,13+,14+/m0/s1. The molecule has 0 spiro atoms. The van der Waals surface area contributed by atoms with Crippen LogP contribution in [-0.4, -0.2) is 77.5 Å². The zero-order valence-electron chi connectivity index (χ0n) is 13.2. The van der Waals surface area contributed by atoms with Crippen LogP contribution in [0.5, 0.6) is 0 Å². The highest BCUT2D eigenvalue weighted by atomic mass is 32.2. The number of aliphatic hydroxyl groups is 4. The smallest absolute Gasteiger partial charge is 0.196 e. The largest absolute Gasteiger partial charge is 0.384 e. The Morgan fingerprint density at radius 2 is 1.43 bits per heavy atom. The summed E-state index contributed by atoms with van der Waals surface area (Å²) >= 11 is 0.565. The molecule has 0 bridgehead atoms. The highest BCUT2D eigenvalue weighted by molar-refractivity contribution is 8.00. The van der Waals surface area contributed by atoms with Crippen LogP contribution >= 0.6 is 11.8 Å². The van der Waals surface area contributed by atoms with Crippen molar-refractivity contribution in [1.29, 1.82) is 0 Å². The highest BCUT2D eigenvalue weighted by Crippen LogP contribution is 2.49. The van der Waals surface area contributed by atoms with Gasteiger partial charge in [-0.2, -0.15) is 0 Å². The van der Waals surface area contributed by atoms with Crippen molar-refractivity contribution < 1.29 is 39.6 Å². The SMILES string of the molecule is CC(=O)C(O)[C@@H]1SC[C@@](O)(C(C)=O)[C@](O)(C(C)=O)[C@@]1(O)C(C)=O. The van der Waals surface area contributed by atoms with Gasteiger partial charge in [0.05, 0.1) is 5.25 Å². The Labute approximate surface area is 136 Å². The molecule has 9 heteroatoms. The molecule has 0 amide bonds. The third kappa shape index (κ3) is 2.47. The lowest BCUT2D eigenvalue weighted by Crippen LogP contribution is -2.83. The molecule has 1 unspecified atom stereocenters. The molecule has 0 aromatic rings. The van der Waals surface area contributed by atoms with Crippen molar-refractivity contribution in [3.63, 3.8) is 0 Å². The van der Waals surface area contributed by atoms with Gasteiger partial charge in [0.2, 0.25) is 0 Å². The van der Waals surface area contributed by atoms with Crippen molar-refractivity contribution in [2.45, 2.75) is 55.9 Å². The third-order valence-electron chi connectivity index (χ3n) is 4.37. The first-order valence-corrected chi connectivity index (χ1v) is 7.83. The van der Waals surface area contributed by atoms with E-state index in [1.807, 2.05) is 0 Å². The van der Waals surface area contributed by atoms with Crippen LogP contribution in [0.1, 0.15) is 27.7 Å². The fourth-order valence-electron chi connectivity index (χ4n) is 2.86. The van der Waals surface area contributed by atoms with Crippen molar-refractivity contribution >= 4 is 34.9 Å². The minimum Gasteiger partial charge on any atom is -0.384 e. The van der Waals surface area contributed by atoms with Gasteiger partial charge in [0.1, 0.15) is 6.10 Å².